The topological polar surface area (TPSA) is 42.7 Å². The minimum atomic E-state index is 0.921. The van der Waals surface area contributed by atoms with Crippen molar-refractivity contribution in [2.24, 2.45) is 7.05 Å². The van der Waals surface area contributed by atoms with Crippen molar-refractivity contribution < 1.29 is 0 Å². The molecule has 2 heterocycles. The fourth-order valence-corrected chi connectivity index (χ4v) is 1.79. The molecule has 4 nitrogen and oxygen atoms in total. The Balaban J connectivity index is 2.26. The summed E-state index contributed by atoms with van der Waals surface area (Å²) in [7, 11) is 1.90. The lowest BCUT2D eigenvalue weighted by Crippen LogP contribution is -2.04. The van der Waals surface area contributed by atoms with Crippen LogP contribution < -0.4 is 5.32 Å². The molecule has 0 unspecified atom stereocenters. The van der Waals surface area contributed by atoms with Gasteiger partial charge >= 0.3 is 0 Å². The van der Waals surface area contributed by atoms with Crippen molar-refractivity contribution in [2.45, 2.75) is 0 Å². The molecule has 5 heteroatoms. The fourth-order valence-electron chi connectivity index (χ4n) is 1.49. The maximum Gasteiger partial charge on any atom is 0.159 e. The quantitative estimate of drug-likeness (QED) is 0.800. The summed E-state index contributed by atoms with van der Waals surface area (Å²) in [5.41, 5.74) is 2.03. The third-order valence-corrected chi connectivity index (χ3v) is 2.87. The van der Waals surface area contributed by atoms with E-state index in [2.05, 4.69) is 21.7 Å². The Morgan fingerprint density at radius 1 is 1.53 bits per heavy atom. The van der Waals surface area contributed by atoms with E-state index >= 15 is 0 Å². The molecule has 0 amide bonds. The number of anilines is 1. The zero-order valence-electron chi connectivity index (χ0n) is 8.90. The number of pyridine rings is 1. The number of nitrogens with zero attached hydrogens (tertiary/aromatic N) is 3. The highest BCUT2D eigenvalue weighted by Gasteiger charge is 2.04. The molecule has 0 saturated carbocycles. The van der Waals surface area contributed by atoms with Crippen LogP contribution in [0.4, 0.5) is 5.69 Å². The molecule has 0 saturated heterocycles. The highest BCUT2D eigenvalue weighted by Crippen LogP contribution is 2.20. The Labute approximate surface area is 93.1 Å². The van der Waals surface area contributed by atoms with Gasteiger partial charge in [-0.1, -0.05) is 0 Å². The smallest absolute Gasteiger partial charge is 0.159 e. The molecule has 0 aliphatic rings. The zero-order chi connectivity index (χ0) is 10.7. The van der Waals surface area contributed by atoms with Crippen molar-refractivity contribution >= 4 is 28.5 Å². The van der Waals surface area contributed by atoms with Gasteiger partial charge in [-0.25, -0.2) is 4.98 Å². The van der Waals surface area contributed by atoms with Crippen molar-refractivity contribution in [1.29, 1.82) is 0 Å². The van der Waals surface area contributed by atoms with Gasteiger partial charge in [0.25, 0.3) is 0 Å². The highest BCUT2D eigenvalue weighted by molar-refractivity contribution is 7.98. The monoisotopic (exact) mass is 222 g/mol. The fraction of sp³-hybridized carbons (Fsp3) is 0.400. The van der Waals surface area contributed by atoms with E-state index in [1.54, 1.807) is 4.68 Å². The second-order valence-corrected chi connectivity index (χ2v) is 4.27. The maximum absolute atomic E-state index is 4.28. The summed E-state index contributed by atoms with van der Waals surface area (Å²) in [5.74, 6) is 1.10. The first-order chi connectivity index (χ1) is 7.33. The van der Waals surface area contributed by atoms with E-state index in [4.69, 9.17) is 0 Å². The first-order valence-corrected chi connectivity index (χ1v) is 6.22. The molecule has 0 aliphatic heterocycles. The van der Waals surface area contributed by atoms with Gasteiger partial charge in [0.15, 0.2) is 5.65 Å². The molecular formula is C10H14N4S. The second-order valence-electron chi connectivity index (χ2n) is 3.28. The molecule has 0 aliphatic carbocycles. The lowest BCUT2D eigenvalue weighted by atomic mass is 10.3. The van der Waals surface area contributed by atoms with Crippen LogP contribution in [0, 0.1) is 0 Å². The molecule has 0 atom stereocenters. The van der Waals surface area contributed by atoms with Crippen molar-refractivity contribution in [3.8, 4) is 0 Å². The number of thioether (sulfide) groups is 1. The van der Waals surface area contributed by atoms with Gasteiger partial charge in [0.1, 0.15) is 0 Å². The van der Waals surface area contributed by atoms with E-state index < -0.39 is 0 Å². The van der Waals surface area contributed by atoms with E-state index in [1.165, 1.54) is 0 Å². The molecule has 0 fully saturated rings. The molecule has 2 aromatic heterocycles. The molecule has 0 spiro atoms. The molecule has 2 aromatic rings. The van der Waals surface area contributed by atoms with Gasteiger partial charge in [0.2, 0.25) is 0 Å². The van der Waals surface area contributed by atoms with Crippen LogP contribution in [0.5, 0.6) is 0 Å². The summed E-state index contributed by atoms with van der Waals surface area (Å²) in [5, 5.41) is 8.67. The van der Waals surface area contributed by atoms with Crippen LogP contribution in [0.1, 0.15) is 0 Å². The molecular weight excluding hydrogens is 208 g/mol. The Bertz CT molecular complexity index is 452. The molecule has 1 N–H and O–H groups in total. The molecule has 0 bridgehead atoms. The van der Waals surface area contributed by atoms with Crippen molar-refractivity contribution in [2.75, 3.05) is 23.9 Å². The summed E-state index contributed by atoms with van der Waals surface area (Å²) in [6.07, 6.45) is 5.77. The van der Waals surface area contributed by atoms with Crippen molar-refractivity contribution in [3.63, 3.8) is 0 Å². The third kappa shape index (κ3) is 2.07. The average Bonchev–Trinajstić information content (AvgIpc) is 2.62. The highest BCUT2D eigenvalue weighted by atomic mass is 32.2. The van der Waals surface area contributed by atoms with Crippen molar-refractivity contribution in [1.82, 2.24) is 14.8 Å². The Hall–Kier alpha value is -1.23. The Morgan fingerprint density at radius 3 is 3.20 bits per heavy atom. The van der Waals surface area contributed by atoms with Crippen molar-refractivity contribution in [3.05, 3.63) is 18.5 Å². The predicted octanol–water partition coefficient (Wildman–Crippen LogP) is 1.74. The van der Waals surface area contributed by atoms with E-state index in [0.717, 1.165) is 29.0 Å². The van der Waals surface area contributed by atoms with Crippen LogP contribution in [-0.4, -0.2) is 33.3 Å². The summed E-state index contributed by atoms with van der Waals surface area (Å²) in [4.78, 5) is 4.28. The Morgan fingerprint density at radius 2 is 2.40 bits per heavy atom. The molecule has 15 heavy (non-hydrogen) atoms. The van der Waals surface area contributed by atoms with E-state index in [1.807, 2.05) is 37.3 Å². The maximum atomic E-state index is 4.28. The predicted molar refractivity (Wildman–Crippen MR) is 65.4 cm³/mol. The van der Waals surface area contributed by atoms with Gasteiger partial charge < -0.3 is 5.32 Å². The number of fused-ring (bicyclic) bond motifs is 1. The minimum Gasteiger partial charge on any atom is -0.384 e. The second kappa shape index (κ2) is 4.53. The van der Waals surface area contributed by atoms with Gasteiger partial charge in [-0.15, -0.1) is 0 Å². The number of rotatable bonds is 4. The molecule has 2 rings (SSSR count). The zero-order valence-corrected chi connectivity index (χ0v) is 9.71. The van der Waals surface area contributed by atoms with E-state index in [9.17, 15) is 0 Å². The summed E-state index contributed by atoms with van der Waals surface area (Å²) in [6, 6.07) is 1.99. The number of aryl methyl sites for hydroxylation is 1. The number of aromatic nitrogens is 3. The molecule has 0 radical (unpaired) electrons. The Kier molecular flexibility index (Phi) is 3.11. The van der Waals surface area contributed by atoms with Gasteiger partial charge in [-0.3, -0.25) is 4.68 Å². The van der Waals surface area contributed by atoms with Crippen LogP contribution >= 0.6 is 11.8 Å². The number of hydrogen-bond acceptors (Lipinski definition) is 4. The van der Waals surface area contributed by atoms with Crippen LogP contribution in [0.25, 0.3) is 11.0 Å². The van der Waals surface area contributed by atoms with Gasteiger partial charge in [-0.2, -0.15) is 16.9 Å². The van der Waals surface area contributed by atoms with Crippen LogP contribution in [-0.2, 0) is 7.05 Å². The summed E-state index contributed by atoms with van der Waals surface area (Å²) >= 11 is 1.83. The van der Waals surface area contributed by atoms with Crippen LogP contribution in [0.3, 0.4) is 0 Å². The van der Waals surface area contributed by atoms with Gasteiger partial charge in [0.05, 0.1) is 11.6 Å². The van der Waals surface area contributed by atoms with Crippen LogP contribution in [0.2, 0.25) is 0 Å². The summed E-state index contributed by atoms with van der Waals surface area (Å²) < 4.78 is 1.79. The largest absolute Gasteiger partial charge is 0.384 e. The lowest BCUT2D eigenvalue weighted by Gasteiger charge is -2.05. The van der Waals surface area contributed by atoms with Crippen LogP contribution in [0.15, 0.2) is 18.5 Å². The number of hydrogen-bond donors (Lipinski definition) is 1. The first kappa shape index (κ1) is 10.3. The number of nitrogens with one attached hydrogen (secondary N) is 1. The third-order valence-electron chi connectivity index (χ3n) is 2.26. The normalized spacial score (nSPS) is 10.8. The molecule has 0 aromatic carbocycles. The average molecular weight is 222 g/mol. The first-order valence-electron chi connectivity index (χ1n) is 4.82. The SMILES string of the molecule is CSCCNc1ccnc2c1cnn2C. The van der Waals surface area contributed by atoms with Gasteiger partial charge in [-0.05, 0) is 12.3 Å². The lowest BCUT2D eigenvalue weighted by molar-refractivity contribution is 0.786. The minimum absolute atomic E-state index is 0.921. The van der Waals surface area contributed by atoms with E-state index in [0.29, 0.717) is 0 Å². The van der Waals surface area contributed by atoms with Gasteiger partial charge in [0, 0.05) is 31.2 Å². The summed E-state index contributed by atoms with van der Waals surface area (Å²) in [6.45, 7) is 0.967. The molecule has 80 valence electrons. The standard InChI is InChI=1S/C10H14N4S/c1-14-10-8(7-13-14)9(3-4-12-10)11-5-6-15-2/h3-4,7H,5-6H2,1-2H3,(H,11,12). The van der Waals surface area contributed by atoms with E-state index in [-0.39, 0.29) is 0 Å².